The fourth-order valence-electron chi connectivity index (χ4n) is 3.31. The molecule has 114 valence electrons. The average molecular weight is 288 g/mol. The van der Waals surface area contributed by atoms with Crippen LogP contribution < -0.4 is 10.6 Å². The van der Waals surface area contributed by atoms with E-state index in [4.69, 9.17) is 0 Å². The molecule has 0 saturated heterocycles. The summed E-state index contributed by atoms with van der Waals surface area (Å²) >= 11 is 0. The van der Waals surface area contributed by atoms with Crippen molar-refractivity contribution in [3.8, 4) is 0 Å². The van der Waals surface area contributed by atoms with Gasteiger partial charge in [-0.3, -0.25) is 4.79 Å². The van der Waals surface area contributed by atoms with Crippen LogP contribution in [0.1, 0.15) is 38.2 Å². The molecule has 0 aromatic heterocycles. The first-order valence-electron chi connectivity index (χ1n) is 7.90. The molecular weight excluding hydrogens is 264 g/mol. The Labute approximate surface area is 125 Å². The summed E-state index contributed by atoms with van der Waals surface area (Å²) in [5, 5.41) is 16.7. The number of carbonyl (C=O) groups is 1. The number of carbonyl (C=O) groups excluding carboxylic acids is 1. The fourth-order valence-corrected chi connectivity index (χ4v) is 3.31. The van der Waals surface area contributed by atoms with Crippen molar-refractivity contribution >= 4 is 11.6 Å². The third-order valence-electron chi connectivity index (χ3n) is 4.88. The second-order valence-electron chi connectivity index (χ2n) is 6.68. The molecular formula is C17H24N2O2. The van der Waals surface area contributed by atoms with Crippen LogP contribution in [0.5, 0.6) is 0 Å². The van der Waals surface area contributed by atoms with E-state index in [9.17, 15) is 9.90 Å². The molecule has 1 heterocycles. The summed E-state index contributed by atoms with van der Waals surface area (Å²) in [5.41, 5.74) is 1.51. The van der Waals surface area contributed by atoms with Gasteiger partial charge in [-0.2, -0.15) is 0 Å². The standard InChI is InChI=1S/C17H24N2O2/c1-12-6-8-17(21,9-7-12)11-18-16(20)15-10-13-4-2-3-5-14(13)19-15/h2-5,12,15,19,21H,6-11H2,1H3,(H,18,20). The molecule has 2 aliphatic rings. The molecule has 3 rings (SSSR count). The Morgan fingerprint density at radius 3 is 2.81 bits per heavy atom. The summed E-state index contributed by atoms with van der Waals surface area (Å²) in [6.07, 6.45) is 4.37. The van der Waals surface area contributed by atoms with E-state index in [1.807, 2.05) is 24.3 Å². The Morgan fingerprint density at radius 1 is 1.38 bits per heavy atom. The maximum absolute atomic E-state index is 12.3. The number of anilines is 1. The van der Waals surface area contributed by atoms with Crippen molar-refractivity contribution in [2.45, 2.75) is 50.7 Å². The summed E-state index contributed by atoms with van der Waals surface area (Å²) in [4.78, 5) is 12.3. The van der Waals surface area contributed by atoms with Gasteiger partial charge in [0.1, 0.15) is 6.04 Å². The summed E-state index contributed by atoms with van der Waals surface area (Å²) in [7, 11) is 0. The van der Waals surface area contributed by atoms with Crippen LogP contribution in [0, 0.1) is 5.92 Å². The molecule has 1 unspecified atom stereocenters. The van der Waals surface area contributed by atoms with Gasteiger partial charge in [0, 0.05) is 18.7 Å². The minimum Gasteiger partial charge on any atom is -0.388 e. The molecule has 3 N–H and O–H groups in total. The van der Waals surface area contributed by atoms with Gasteiger partial charge in [-0.15, -0.1) is 0 Å². The predicted octanol–water partition coefficient (Wildman–Crippen LogP) is 2.08. The lowest BCUT2D eigenvalue weighted by molar-refractivity contribution is -0.123. The van der Waals surface area contributed by atoms with Crippen molar-refractivity contribution in [1.29, 1.82) is 0 Å². The smallest absolute Gasteiger partial charge is 0.242 e. The first-order chi connectivity index (χ1) is 10.1. The molecule has 0 spiro atoms. The average Bonchev–Trinajstić information content (AvgIpc) is 2.92. The Balaban J connectivity index is 1.52. The SMILES string of the molecule is CC1CCC(O)(CNC(=O)C2Cc3ccccc3N2)CC1. The molecule has 4 heteroatoms. The summed E-state index contributed by atoms with van der Waals surface area (Å²) in [5.74, 6) is 0.672. The molecule has 1 aromatic carbocycles. The molecule has 1 saturated carbocycles. The van der Waals surface area contributed by atoms with Crippen LogP contribution in [0.4, 0.5) is 5.69 Å². The van der Waals surface area contributed by atoms with Crippen molar-refractivity contribution in [2.24, 2.45) is 5.92 Å². The molecule has 1 aromatic rings. The highest BCUT2D eigenvalue weighted by atomic mass is 16.3. The predicted molar refractivity (Wildman–Crippen MR) is 83.1 cm³/mol. The first-order valence-corrected chi connectivity index (χ1v) is 7.90. The van der Waals surface area contributed by atoms with E-state index in [0.717, 1.165) is 37.8 Å². The van der Waals surface area contributed by atoms with Gasteiger partial charge in [0.2, 0.25) is 5.91 Å². The maximum atomic E-state index is 12.3. The van der Waals surface area contributed by atoms with Crippen LogP contribution in [0.2, 0.25) is 0 Å². The number of benzene rings is 1. The topological polar surface area (TPSA) is 61.4 Å². The zero-order chi connectivity index (χ0) is 14.9. The van der Waals surface area contributed by atoms with Gasteiger partial charge >= 0.3 is 0 Å². The molecule has 0 radical (unpaired) electrons. The molecule has 21 heavy (non-hydrogen) atoms. The molecule has 4 nitrogen and oxygen atoms in total. The van der Waals surface area contributed by atoms with Crippen molar-refractivity contribution < 1.29 is 9.90 Å². The van der Waals surface area contributed by atoms with Gasteiger partial charge < -0.3 is 15.7 Å². The molecule has 1 atom stereocenters. The summed E-state index contributed by atoms with van der Waals surface area (Å²) in [6, 6.07) is 7.79. The van der Waals surface area contributed by atoms with Gasteiger partial charge in [0.15, 0.2) is 0 Å². The first kappa shape index (κ1) is 14.4. The highest BCUT2D eigenvalue weighted by Crippen LogP contribution is 2.31. The van der Waals surface area contributed by atoms with E-state index >= 15 is 0 Å². The van der Waals surface area contributed by atoms with Gasteiger partial charge in [0.05, 0.1) is 5.60 Å². The molecule has 1 aliphatic carbocycles. The fraction of sp³-hybridized carbons (Fsp3) is 0.588. The highest BCUT2D eigenvalue weighted by Gasteiger charge is 2.33. The van der Waals surface area contributed by atoms with E-state index in [1.54, 1.807) is 0 Å². The van der Waals surface area contributed by atoms with Crippen LogP contribution in [-0.4, -0.2) is 29.2 Å². The lowest BCUT2D eigenvalue weighted by atomic mass is 9.79. The van der Waals surface area contributed by atoms with Crippen molar-refractivity contribution in [1.82, 2.24) is 5.32 Å². The minimum absolute atomic E-state index is 0.0155. The van der Waals surface area contributed by atoms with Crippen molar-refractivity contribution in [2.75, 3.05) is 11.9 Å². The zero-order valence-electron chi connectivity index (χ0n) is 12.6. The number of rotatable bonds is 3. The summed E-state index contributed by atoms with van der Waals surface area (Å²) < 4.78 is 0. The molecule has 1 fully saturated rings. The monoisotopic (exact) mass is 288 g/mol. The number of fused-ring (bicyclic) bond motifs is 1. The van der Waals surface area contributed by atoms with E-state index in [0.29, 0.717) is 12.5 Å². The van der Waals surface area contributed by atoms with E-state index < -0.39 is 5.60 Å². The Morgan fingerprint density at radius 2 is 2.10 bits per heavy atom. The van der Waals surface area contributed by atoms with Crippen LogP contribution >= 0.6 is 0 Å². The molecule has 1 amide bonds. The van der Waals surface area contributed by atoms with Crippen LogP contribution in [0.3, 0.4) is 0 Å². The Bertz CT molecular complexity index is 496. The third kappa shape index (κ3) is 3.21. The van der Waals surface area contributed by atoms with Gasteiger partial charge in [0.25, 0.3) is 0 Å². The number of hydrogen-bond donors (Lipinski definition) is 3. The van der Waals surface area contributed by atoms with E-state index in [-0.39, 0.29) is 11.9 Å². The second kappa shape index (κ2) is 5.68. The number of amides is 1. The summed E-state index contributed by atoms with van der Waals surface area (Å²) in [6.45, 7) is 2.59. The number of hydrogen-bond acceptors (Lipinski definition) is 3. The van der Waals surface area contributed by atoms with Crippen molar-refractivity contribution in [3.05, 3.63) is 29.8 Å². The quantitative estimate of drug-likeness (QED) is 0.798. The zero-order valence-corrected chi connectivity index (χ0v) is 12.6. The number of nitrogens with one attached hydrogen (secondary N) is 2. The lowest BCUT2D eigenvalue weighted by Crippen LogP contribution is -2.48. The second-order valence-corrected chi connectivity index (χ2v) is 6.68. The largest absolute Gasteiger partial charge is 0.388 e. The van der Waals surface area contributed by atoms with Gasteiger partial charge in [-0.1, -0.05) is 25.1 Å². The lowest BCUT2D eigenvalue weighted by Gasteiger charge is -2.35. The van der Waals surface area contributed by atoms with Gasteiger partial charge in [-0.25, -0.2) is 0 Å². The minimum atomic E-state index is -0.715. The Kier molecular flexibility index (Phi) is 3.89. The van der Waals surface area contributed by atoms with E-state index in [2.05, 4.69) is 17.6 Å². The van der Waals surface area contributed by atoms with Gasteiger partial charge in [-0.05, 0) is 43.2 Å². The molecule has 0 bridgehead atoms. The Hall–Kier alpha value is -1.55. The van der Waals surface area contributed by atoms with Crippen LogP contribution in [0.15, 0.2) is 24.3 Å². The third-order valence-corrected chi connectivity index (χ3v) is 4.88. The van der Waals surface area contributed by atoms with Crippen LogP contribution in [0.25, 0.3) is 0 Å². The normalized spacial score (nSPS) is 31.3. The highest BCUT2D eigenvalue weighted by molar-refractivity contribution is 5.87. The number of aliphatic hydroxyl groups is 1. The number of para-hydroxylation sites is 1. The maximum Gasteiger partial charge on any atom is 0.242 e. The van der Waals surface area contributed by atoms with E-state index in [1.165, 1.54) is 5.56 Å². The van der Waals surface area contributed by atoms with Crippen molar-refractivity contribution in [3.63, 3.8) is 0 Å². The molecule has 1 aliphatic heterocycles. The van der Waals surface area contributed by atoms with Crippen LogP contribution in [-0.2, 0) is 11.2 Å².